The molecule has 0 aromatic heterocycles. The predicted octanol–water partition coefficient (Wildman–Crippen LogP) is 1.36. The molecule has 1 aromatic rings. The van der Waals surface area contributed by atoms with Gasteiger partial charge in [-0.05, 0) is 37.9 Å². The first-order valence-electron chi connectivity index (χ1n) is 9.70. The smallest absolute Gasteiger partial charge is 0.273 e. The van der Waals surface area contributed by atoms with Crippen molar-refractivity contribution in [2.75, 3.05) is 19.7 Å². The van der Waals surface area contributed by atoms with Gasteiger partial charge in [0.15, 0.2) is 0 Å². The summed E-state index contributed by atoms with van der Waals surface area (Å²) >= 11 is 0. The summed E-state index contributed by atoms with van der Waals surface area (Å²) in [5, 5.41) is 5.79. The lowest BCUT2D eigenvalue weighted by atomic mass is 9.68. The molecule has 3 amide bonds. The van der Waals surface area contributed by atoms with Gasteiger partial charge in [0.05, 0.1) is 18.7 Å². The second-order valence-electron chi connectivity index (χ2n) is 8.08. The largest absolute Gasteiger partial charge is 0.492 e. The van der Waals surface area contributed by atoms with Crippen LogP contribution in [0.15, 0.2) is 12.1 Å². The first kappa shape index (κ1) is 16.7. The normalized spacial score (nSPS) is 30.0. The quantitative estimate of drug-likeness (QED) is 0.756. The van der Waals surface area contributed by atoms with E-state index in [4.69, 9.17) is 4.74 Å². The van der Waals surface area contributed by atoms with Crippen LogP contribution >= 0.6 is 0 Å². The minimum atomic E-state index is -0.298. The van der Waals surface area contributed by atoms with Crippen LogP contribution in [0.5, 0.6) is 5.75 Å². The summed E-state index contributed by atoms with van der Waals surface area (Å²) in [6.45, 7) is 4.98. The Labute approximate surface area is 157 Å². The molecular formula is C20H23N3O4. The van der Waals surface area contributed by atoms with Crippen LogP contribution in [0.1, 0.15) is 54.1 Å². The fourth-order valence-electron chi connectivity index (χ4n) is 5.04. The average molecular weight is 369 g/mol. The fraction of sp³-hybridized carbons (Fsp3) is 0.550. The zero-order valence-electron chi connectivity index (χ0n) is 15.4. The number of hydrogen-bond donors (Lipinski definition) is 1. The van der Waals surface area contributed by atoms with Crippen molar-refractivity contribution in [1.29, 1.82) is 0 Å². The molecule has 2 atom stereocenters. The van der Waals surface area contributed by atoms with E-state index in [2.05, 4.69) is 12.2 Å². The molecule has 2 fully saturated rings. The van der Waals surface area contributed by atoms with E-state index in [-0.39, 0.29) is 29.7 Å². The van der Waals surface area contributed by atoms with Crippen molar-refractivity contribution in [2.45, 2.75) is 44.6 Å². The van der Waals surface area contributed by atoms with Gasteiger partial charge in [0.2, 0.25) is 11.8 Å². The second-order valence-corrected chi connectivity index (χ2v) is 8.08. The highest BCUT2D eigenvalue weighted by molar-refractivity contribution is 6.05. The second kappa shape index (κ2) is 5.79. The molecule has 4 aliphatic rings. The minimum absolute atomic E-state index is 0.0250. The van der Waals surface area contributed by atoms with Crippen molar-refractivity contribution in [2.24, 2.45) is 5.92 Å². The molecule has 7 nitrogen and oxygen atoms in total. The zero-order chi connectivity index (χ0) is 18.8. The van der Waals surface area contributed by atoms with E-state index in [9.17, 15) is 14.4 Å². The summed E-state index contributed by atoms with van der Waals surface area (Å²) in [4.78, 5) is 37.5. The number of ether oxygens (including phenoxy) is 1. The number of fused-ring (bicyclic) bond motifs is 4. The third-order valence-electron chi connectivity index (χ3n) is 6.68. The SMILES string of the molecule is CC1CNCCC12COc1c2ccc2c1CN(N1C(=O)CCCC1=O)C2=O. The number of benzene rings is 1. The van der Waals surface area contributed by atoms with Crippen molar-refractivity contribution < 1.29 is 19.1 Å². The number of nitrogens with zero attached hydrogens (tertiary/aromatic N) is 2. The first-order chi connectivity index (χ1) is 13.0. The third-order valence-corrected chi connectivity index (χ3v) is 6.68. The van der Waals surface area contributed by atoms with Crippen molar-refractivity contribution in [3.63, 3.8) is 0 Å². The highest BCUT2D eigenvalue weighted by atomic mass is 16.5. The van der Waals surface area contributed by atoms with Gasteiger partial charge in [-0.15, -0.1) is 0 Å². The molecule has 0 saturated carbocycles. The van der Waals surface area contributed by atoms with Crippen molar-refractivity contribution in [1.82, 2.24) is 15.3 Å². The van der Waals surface area contributed by atoms with Gasteiger partial charge in [0.1, 0.15) is 5.75 Å². The lowest BCUT2D eigenvalue weighted by Gasteiger charge is -2.39. The lowest BCUT2D eigenvalue weighted by molar-refractivity contribution is -0.163. The standard InChI is InChI=1S/C20H23N3O4/c1-12-9-21-8-7-20(12)11-27-18-14-10-22(19(26)13(14)5-6-15(18)20)23-16(24)3-2-4-17(23)25/h5-6,12,21H,2-4,7-11H2,1H3. The number of nitrogens with one attached hydrogen (secondary N) is 1. The Balaban J connectivity index is 1.53. The van der Waals surface area contributed by atoms with Gasteiger partial charge in [-0.2, -0.15) is 5.01 Å². The Kier molecular flexibility index (Phi) is 3.59. The summed E-state index contributed by atoms with van der Waals surface area (Å²) in [6, 6.07) is 3.87. The summed E-state index contributed by atoms with van der Waals surface area (Å²) < 4.78 is 6.15. The van der Waals surface area contributed by atoms with Crippen LogP contribution in [0, 0.1) is 5.92 Å². The Morgan fingerprint density at radius 2 is 1.96 bits per heavy atom. The third kappa shape index (κ3) is 2.21. The maximum Gasteiger partial charge on any atom is 0.273 e. The summed E-state index contributed by atoms with van der Waals surface area (Å²) in [5.74, 6) is 0.333. The number of imide groups is 1. The van der Waals surface area contributed by atoms with Gasteiger partial charge in [-0.3, -0.25) is 14.4 Å². The molecule has 27 heavy (non-hydrogen) atoms. The van der Waals surface area contributed by atoms with E-state index in [1.165, 1.54) is 10.6 Å². The van der Waals surface area contributed by atoms with Crippen LogP contribution in [-0.2, 0) is 21.5 Å². The Bertz CT molecular complexity index is 851. The fourth-order valence-corrected chi connectivity index (χ4v) is 5.04. The number of carbonyl (C=O) groups excluding carboxylic acids is 3. The molecule has 0 aliphatic carbocycles. The van der Waals surface area contributed by atoms with Crippen LogP contribution in [0.3, 0.4) is 0 Å². The van der Waals surface area contributed by atoms with Crippen LogP contribution in [0.2, 0.25) is 0 Å². The zero-order valence-corrected chi connectivity index (χ0v) is 15.4. The maximum absolute atomic E-state index is 12.9. The molecule has 5 rings (SSSR count). The molecular weight excluding hydrogens is 346 g/mol. The molecule has 7 heteroatoms. The van der Waals surface area contributed by atoms with Crippen LogP contribution in [0.25, 0.3) is 0 Å². The molecule has 4 aliphatic heterocycles. The van der Waals surface area contributed by atoms with Gasteiger partial charge in [-0.1, -0.05) is 13.0 Å². The van der Waals surface area contributed by atoms with Gasteiger partial charge >= 0.3 is 0 Å². The topological polar surface area (TPSA) is 79.0 Å². The minimum Gasteiger partial charge on any atom is -0.492 e. The number of hydrogen-bond acceptors (Lipinski definition) is 5. The number of carbonyl (C=O) groups is 3. The first-order valence-corrected chi connectivity index (χ1v) is 9.70. The number of piperidine rings is 2. The van der Waals surface area contributed by atoms with Crippen LogP contribution in [-0.4, -0.2) is 47.4 Å². The van der Waals surface area contributed by atoms with E-state index in [0.29, 0.717) is 37.4 Å². The van der Waals surface area contributed by atoms with E-state index in [0.717, 1.165) is 35.8 Å². The predicted molar refractivity (Wildman–Crippen MR) is 95.8 cm³/mol. The Morgan fingerprint density at radius 1 is 1.19 bits per heavy atom. The number of rotatable bonds is 1. The number of hydrazine groups is 1. The van der Waals surface area contributed by atoms with Gasteiger partial charge in [-0.25, -0.2) is 5.01 Å². The highest BCUT2D eigenvalue weighted by Crippen LogP contribution is 2.50. The Hall–Kier alpha value is -2.41. The van der Waals surface area contributed by atoms with Gasteiger partial charge < -0.3 is 10.1 Å². The molecule has 4 heterocycles. The number of amides is 3. The molecule has 0 bridgehead atoms. The average Bonchev–Trinajstić information content (AvgIpc) is 3.18. The molecule has 1 aromatic carbocycles. The molecule has 1 N–H and O–H groups in total. The molecule has 0 radical (unpaired) electrons. The lowest BCUT2D eigenvalue weighted by Crippen LogP contribution is -2.52. The highest BCUT2D eigenvalue weighted by Gasteiger charge is 2.49. The van der Waals surface area contributed by atoms with Gasteiger partial charge in [0.25, 0.3) is 5.91 Å². The van der Waals surface area contributed by atoms with Crippen molar-refractivity contribution in [3.8, 4) is 5.75 Å². The monoisotopic (exact) mass is 369 g/mol. The maximum atomic E-state index is 12.9. The van der Waals surface area contributed by atoms with E-state index in [1.807, 2.05) is 12.1 Å². The van der Waals surface area contributed by atoms with E-state index < -0.39 is 0 Å². The van der Waals surface area contributed by atoms with Crippen LogP contribution < -0.4 is 10.1 Å². The van der Waals surface area contributed by atoms with E-state index >= 15 is 0 Å². The Morgan fingerprint density at radius 3 is 2.70 bits per heavy atom. The molecule has 142 valence electrons. The summed E-state index contributed by atoms with van der Waals surface area (Å²) in [6.07, 6.45) is 2.15. The molecule has 2 unspecified atom stereocenters. The summed E-state index contributed by atoms with van der Waals surface area (Å²) in [7, 11) is 0. The molecule has 1 spiro atoms. The van der Waals surface area contributed by atoms with Crippen molar-refractivity contribution in [3.05, 3.63) is 28.8 Å². The molecule has 2 saturated heterocycles. The van der Waals surface area contributed by atoms with Gasteiger partial charge in [0, 0.05) is 29.4 Å². The van der Waals surface area contributed by atoms with E-state index in [1.54, 1.807) is 0 Å². The summed E-state index contributed by atoms with van der Waals surface area (Å²) in [5.41, 5.74) is 2.49. The van der Waals surface area contributed by atoms with Crippen molar-refractivity contribution >= 4 is 17.7 Å². The van der Waals surface area contributed by atoms with Crippen LogP contribution in [0.4, 0.5) is 0 Å².